The highest BCUT2D eigenvalue weighted by Crippen LogP contribution is 2.30. The van der Waals surface area contributed by atoms with Crippen molar-refractivity contribution in [3.8, 4) is 11.5 Å². The molecule has 1 aromatic carbocycles. The van der Waals surface area contributed by atoms with Crippen molar-refractivity contribution in [1.29, 1.82) is 0 Å². The first kappa shape index (κ1) is 13.5. The van der Waals surface area contributed by atoms with Gasteiger partial charge in [0.25, 0.3) is 5.91 Å². The lowest BCUT2D eigenvalue weighted by molar-refractivity contribution is 0.0788. The standard InChI is InChI=1S/C16H17NO4/c1-10-7-13(11(2)20-10)16(18)17-8-12-9-19-14-5-3-4-6-15(14)21-12/h3-7,12H,8-9H2,1-2H3,(H,17,18). The van der Waals surface area contributed by atoms with E-state index in [0.717, 1.165) is 11.5 Å². The number of amides is 1. The number of hydrogen-bond acceptors (Lipinski definition) is 4. The molecule has 5 heteroatoms. The molecule has 3 rings (SSSR count). The average Bonchev–Trinajstić information content (AvgIpc) is 2.83. The summed E-state index contributed by atoms with van der Waals surface area (Å²) < 4.78 is 16.8. The van der Waals surface area contributed by atoms with Gasteiger partial charge < -0.3 is 19.2 Å². The summed E-state index contributed by atoms with van der Waals surface area (Å²) in [7, 11) is 0. The van der Waals surface area contributed by atoms with E-state index in [4.69, 9.17) is 13.9 Å². The third-order valence-electron chi connectivity index (χ3n) is 3.34. The molecule has 1 aromatic heterocycles. The minimum Gasteiger partial charge on any atom is -0.486 e. The normalized spacial score (nSPS) is 16.6. The van der Waals surface area contributed by atoms with Crippen molar-refractivity contribution >= 4 is 5.91 Å². The van der Waals surface area contributed by atoms with Gasteiger partial charge in [0.1, 0.15) is 24.2 Å². The van der Waals surface area contributed by atoms with Crippen LogP contribution in [0.5, 0.6) is 11.5 Å². The second-order valence-corrected chi connectivity index (χ2v) is 5.03. The topological polar surface area (TPSA) is 60.7 Å². The molecule has 0 bridgehead atoms. The average molecular weight is 287 g/mol. The highest BCUT2D eigenvalue weighted by Gasteiger charge is 2.22. The van der Waals surface area contributed by atoms with Gasteiger partial charge in [-0.3, -0.25) is 4.79 Å². The van der Waals surface area contributed by atoms with Crippen molar-refractivity contribution in [2.24, 2.45) is 0 Å². The fourth-order valence-electron chi connectivity index (χ4n) is 2.32. The number of para-hydroxylation sites is 2. The van der Waals surface area contributed by atoms with Crippen LogP contribution in [0.4, 0.5) is 0 Å². The minimum absolute atomic E-state index is 0.160. The van der Waals surface area contributed by atoms with E-state index in [-0.39, 0.29) is 12.0 Å². The van der Waals surface area contributed by atoms with Crippen LogP contribution in [0.3, 0.4) is 0 Å². The molecule has 5 nitrogen and oxygen atoms in total. The quantitative estimate of drug-likeness (QED) is 0.942. The molecule has 1 unspecified atom stereocenters. The number of rotatable bonds is 3. The second-order valence-electron chi connectivity index (χ2n) is 5.03. The second kappa shape index (κ2) is 5.52. The minimum atomic E-state index is -0.197. The largest absolute Gasteiger partial charge is 0.486 e. The maximum atomic E-state index is 12.1. The molecule has 0 saturated carbocycles. The number of fused-ring (bicyclic) bond motifs is 1. The van der Waals surface area contributed by atoms with Crippen molar-refractivity contribution in [3.63, 3.8) is 0 Å². The van der Waals surface area contributed by atoms with E-state index in [2.05, 4.69) is 5.32 Å². The number of ether oxygens (including phenoxy) is 2. The molecule has 1 aliphatic rings. The zero-order valence-electron chi connectivity index (χ0n) is 12.0. The summed E-state index contributed by atoms with van der Waals surface area (Å²) >= 11 is 0. The first-order valence-electron chi connectivity index (χ1n) is 6.87. The molecule has 2 heterocycles. The molecule has 21 heavy (non-hydrogen) atoms. The highest BCUT2D eigenvalue weighted by molar-refractivity contribution is 5.95. The van der Waals surface area contributed by atoms with Gasteiger partial charge in [-0.25, -0.2) is 0 Å². The van der Waals surface area contributed by atoms with Crippen LogP contribution in [0.15, 0.2) is 34.7 Å². The Morgan fingerprint density at radius 3 is 2.76 bits per heavy atom. The number of hydrogen-bond donors (Lipinski definition) is 1. The zero-order chi connectivity index (χ0) is 14.8. The molecule has 0 fully saturated rings. The van der Waals surface area contributed by atoms with E-state index < -0.39 is 0 Å². The van der Waals surface area contributed by atoms with Crippen LogP contribution in [0.1, 0.15) is 21.9 Å². The fraction of sp³-hybridized carbons (Fsp3) is 0.312. The summed E-state index contributed by atoms with van der Waals surface area (Å²) in [6.07, 6.45) is -0.197. The molecule has 0 aliphatic carbocycles. The monoisotopic (exact) mass is 287 g/mol. The van der Waals surface area contributed by atoms with Gasteiger partial charge in [-0.2, -0.15) is 0 Å². The summed E-state index contributed by atoms with van der Waals surface area (Å²) in [5, 5.41) is 2.85. The van der Waals surface area contributed by atoms with E-state index in [1.807, 2.05) is 31.2 Å². The Balaban J connectivity index is 1.59. The van der Waals surface area contributed by atoms with Gasteiger partial charge >= 0.3 is 0 Å². The smallest absolute Gasteiger partial charge is 0.254 e. The number of furan rings is 1. The summed E-state index contributed by atoms with van der Waals surface area (Å²) in [5.41, 5.74) is 0.560. The summed E-state index contributed by atoms with van der Waals surface area (Å²) in [6, 6.07) is 9.24. The maximum Gasteiger partial charge on any atom is 0.254 e. The third-order valence-corrected chi connectivity index (χ3v) is 3.34. The Labute approximate surface area is 122 Å². The third kappa shape index (κ3) is 2.86. The maximum absolute atomic E-state index is 12.1. The van der Waals surface area contributed by atoms with Gasteiger partial charge in [-0.15, -0.1) is 0 Å². The molecular weight excluding hydrogens is 270 g/mol. The van der Waals surface area contributed by atoms with Crippen molar-refractivity contribution in [2.45, 2.75) is 20.0 Å². The van der Waals surface area contributed by atoms with Crippen LogP contribution in [-0.2, 0) is 0 Å². The van der Waals surface area contributed by atoms with Crippen LogP contribution in [0.2, 0.25) is 0 Å². The Morgan fingerprint density at radius 2 is 2.05 bits per heavy atom. The predicted octanol–water partition coefficient (Wildman–Crippen LogP) is 2.47. The predicted molar refractivity (Wildman–Crippen MR) is 76.9 cm³/mol. The molecule has 1 atom stereocenters. The van der Waals surface area contributed by atoms with Crippen molar-refractivity contribution in [3.05, 3.63) is 47.4 Å². The summed E-state index contributed by atoms with van der Waals surface area (Å²) in [4.78, 5) is 12.1. The van der Waals surface area contributed by atoms with E-state index in [9.17, 15) is 4.79 Å². The first-order valence-corrected chi connectivity index (χ1v) is 6.87. The lowest BCUT2D eigenvalue weighted by Crippen LogP contribution is -2.40. The number of carbonyl (C=O) groups is 1. The van der Waals surface area contributed by atoms with E-state index in [1.54, 1.807) is 13.0 Å². The molecule has 1 N–H and O–H groups in total. The molecule has 0 radical (unpaired) electrons. The van der Waals surface area contributed by atoms with Crippen molar-refractivity contribution in [2.75, 3.05) is 13.2 Å². The zero-order valence-corrected chi connectivity index (χ0v) is 12.0. The SMILES string of the molecule is Cc1cc(C(=O)NCC2COc3ccccc3O2)c(C)o1. The van der Waals surface area contributed by atoms with Gasteiger partial charge in [-0.1, -0.05) is 12.1 Å². The molecule has 1 amide bonds. The highest BCUT2D eigenvalue weighted by atomic mass is 16.6. The van der Waals surface area contributed by atoms with Crippen LogP contribution < -0.4 is 14.8 Å². The van der Waals surface area contributed by atoms with Gasteiger partial charge in [0.2, 0.25) is 0 Å². The number of nitrogens with one attached hydrogen (secondary N) is 1. The molecule has 110 valence electrons. The molecule has 1 aliphatic heterocycles. The molecule has 0 spiro atoms. The lowest BCUT2D eigenvalue weighted by Gasteiger charge is -2.26. The van der Waals surface area contributed by atoms with Crippen LogP contribution in [0, 0.1) is 13.8 Å². The van der Waals surface area contributed by atoms with Crippen LogP contribution in [-0.4, -0.2) is 25.2 Å². The number of carbonyl (C=O) groups excluding carboxylic acids is 1. The lowest BCUT2D eigenvalue weighted by atomic mass is 10.2. The Hall–Kier alpha value is -2.43. The number of aryl methyl sites for hydroxylation is 2. The van der Waals surface area contributed by atoms with E-state index in [1.165, 1.54) is 0 Å². The van der Waals surface area contributed by atoms with Crippen LogP contribution in [0.25, 0.3) is 0 Å². The molecule has 0 saturated heterocycles. The molecule has 2 aromatic rings. The van der Waals surface area contributed by atoms with E-state index >= 15 is 0 Å². The number of benzene rings is 1. The van der Waals surface area contributed by atoms with E-state index in [0.29, 0.717) is 30.2 Å². The Bertz CT molecular complexity index is 662. The van der Waals surface area contributed by atoms with Gasteiger partial charge in [0.05, 0.1) is 12.1 Å². The van der Waals surface area contributed by atoms with Gasteiger partial charge in [-0.05, 0) is 32.0 Å². The van der Waals surface area contributed by atoms with Crippen molar-refractivity contribution < 1.29 is 18.7 Å². The molecular formula is C16H17NO4. The first-order chi connectivity index (χ1) is 10.1. The van der Waals surface area contributed by atoms with Crippen molar-refractivity contribution in [1.82, 2.24) is 5.32 Å². The Kier molecular flexibility index (Phi) is 3.56. The van der Waals surface area contributed by atoms with Crippen LogP contribution >= 0.6 is 0 Å². The summed E-state index contributed by atoms with van der Waals surface area (Å²) in [5.74, 6) is 2.63. The fourth-order valence-corrected chi connectivity index (χ4v) is 2.32. The van der Waals surface area contributed by atoms with Gasteiger partial charge in [0.15, 0.2) is 11.5 Å². The Morgan fingerprint density at radius 1 is 1.29 bits per heavy atom. The van der Waals surface area contributed by atoms with Gasteiger partial charge in [0, 0.05) is 0 Å². The summed E-state index contributed by atoms with van der Waals surface area (Å²) in [6.45, 7) is 4.40.